The molecule has 0 aliphatic carbocycles. The van der Waals surface area contributed by atoms with Crippen molar-refractivity contribution >= 4 is 34.4 Å². The van der Waals surface area contributed by atoms with Crippen molar-refractivity contribution in [3.05, 3.63) is 69.2 Å². The molecule has 2 N–H and O–H groups in total. The van der Waals surface area contributed by atoms with Gasteiger partial charge in [-0.1, -0.05) is 23.7 Å². The normalized spacial score (nSPS) is 10.8. The van der Waals surface area contributed by atoms with Crippen LogP contribution in [-0.2, 0) is 11.2 Å². The van der Waals surface area contributed by atoms with Gasteiger partial charge in [-0.2, -0.15) is 0 Å². The SMILES string of the molecule is O=C(CCC(=O)c1ccc2[nH]c(=O)oc2c1)NCCc1cccc(Cl)c1. The minimum atomic E-state index is -0.566. The third kappa shape index (κ3) is 4.61. The van der Waals surface area contributed by atoms with Gasteiger partial charge in [0.1, 0.15) is 0 Å². The zero-order valence-corrected chi connectivity index (χ0v) is 14.6. The minimum Gasteiger partial charge on any atom is -0.408 e. The number of benzene rings is 2. The van der Waals surface area contributed by atoms with E-state index in [1.54, 1.807) is 18.2 Å². The monoisotopic (exact) mass is 372 g/mol. The fraction of sp³-hybridized carbons (Fsp3) is 0.211. The Balaban J connectivity index is 1.47. The molecule has 2 aromatic carbocycles. The van der Waals surface area contributed by atoms with E-state index in [-0.39, 0.29) is 24.5 Å². The Labute approximate surface area is 154 Å². The highest BCUT2D eigenvalue weighted by Crippen LogP contribution is 2.14. The van der Waals surface area contributed by atoms with Gasteiger partial charge >= 0.3 is 5.76 Å². The number of halogens is 1. The van der Waals surface area contributed by atoms with Crippen LogP contribution in [0.25, 0.3) is 11.1 Å². The maximum absolute atomic E-state index is 12.2. The minimum absolute atomic E-state index is 0.0865. The summed E-state index contributed by atoms with van der Waals surface area (Å²) < 4.78 is 4.94. The van der Waals surface area contributed by atoms with Crippen LogP contribution in [0.3, 0.4) is 0 Å². The number of H-pyrrole nitrogens is 1. The van der Waals surface area contributed by atoms with Crippen LogP contribution in [0, 0.1) is 0 Å². The maximum atomic E-state index is 12.2. The number of aromatic nitrogens is 1. The average Bonchev–Trinajstić information content (AvgIpc) is 2.99. The zero-order chi connectivity index (χ0) is 18.5. The Bertz CT molecular complexity index is 1010. The molecular weight excluding hydrogens is 356 g/mol. The lowest BCUT2D eigenvalue weighted by molar-refractivity contribution is -0.121. The van der Waals surface area contributed by atoms with E-state index < -0.39 is 5.76 Å². The van der Waals surface area contributed by atoms with Crippen LogP contribution in [0.2, 0.25) is 5.02 Å². The number of amides is 1. The Hall–Kier alpha value is -2.86. The highest BCUT2D eigenvalue weighted by Gasteiger charge is 2.11. The maximum Gasteiger partial charge on any atom is 0.417 e. The predicted octanol–water partition coefficient (Wildman–Crippen LogP) is 3.10. The molecule has 134 valence electrons. The number of hydrogen-bond acceptors (Lipinski definition) is 4. The van der Waals surface area contributed by atoms with Gasteiger partial charge in [0.15, 0.2) is 11.4 Å². The van der Waals surface area contributed by atoms with E-state index in [1.165, 1.54) is 6.07 Å². The van der Waals surface area contributed by atoms with Gasteiger partial charge in [-0.15, -0.1) is 0 Å². The molecule has 3 rings (SSSR count). The van der Waals surface area contributed by atoms with Crippen LogP contribution in [0.4, 0.5) is 0 Å². The summed E-state index contributed by atoms with van der Waals surface area (Å²) in [5.74, 6) is -0.931. The molecule has 26 heavy (non-hydrogen) atoms. The summed E-state index contributed by atoms with van der Waals surface area (Å²) in [6, 6.07) is 12.2. The molecule has 3 aromatic rings. The summed E-state index contributed by atoms with van der Waals surface area (Å²) in [6.07, 6.45) is 0.857. The lowest BCUT2D eigenvalue weighted by Gasteiger charge is -2.06. The third-order valence-corrected chi connectivity index (χ3v) is 4.18. The van der Waals surface area contributed by atoms with E-state index in [0.717, 1.165) is 5.56 Å². The van der Waals surface area contributed by atoms with Crippen LogP contribution < -0.4 is 11.1 Å². The number of oxazole rings is 1. The number of aromatic amines is 1. The highest BCUT2D eigenvalue weighted by molar-refractivity contribution is 6.30. The van der Waals surface area contributed by atoms with Crippen LogP contribution in [0.15, 0.2) is 51.7 Å². The summed E-state index contributed by atoms with van der Waals surface area (Å²) in [5, 5.41) is 3.45. The fourth-order valence-electron chi connectivity index (χ4n) is 2.62. The number of carbonyl (C=O) groups is 2. The zero-order valence-electron chi connectivity index (χ0n) is 13.9. The Morgan fingerprint density at radius 2 is 1.96 bits per heavy atom. The van der Waals surface area contributed by atoms with Gasteiger partial charge in [-0.25, -0.2) is 4.79 Å². The number of nitrogens with one attached hydrogen (secondary N) is 2. The van der Waals surface area contributed by atoms with Gasteiger partial charge in [0.25, 0.3) is 0 Å². The summed E-state index contributed by atoms with van der Waals surface area (Å²) in [7, 11) is 0. The molecule has 0 spiro atoms. The van der Waals surface area contributed by atoms with Crippen molar-refractivity contribution < 1.29 is 14.0 Å². The standard InChI is InChI=1S/C19H17ClN2O4/c20-14-3-1-2-12(10-14)8-9-21-18(24)7-6-16(23)13-4-5-15-17(11-13)26-19(25)22-15/h1-5,10-11H,6-9H2,(H,21,24)(H,22,25). The molecule has 0 saturated heterocycles. The third-order valence-electron chi connectivity index (χ3n) is 3.95. The van der Waals surface area contributed by atoms with Crippen molar-refractivity contribution in [1.29, 1.82) is 0 Å². The first-order valence-electron chi connectivity index (χ1n) is 8.18. The second-order valence-electron chi connectivity index (χ2n) is 5.88. The van der Waals surface area contributed by atoms with E-state index in [0.29, 0.717) is 34.7 Å². The molecule has 0 bridgehead atoms. The van der Waals surface area contributed by atoms with E-state index in [2.05, 4.69) is 10.3 Å². The van der Waals surface area contributed by atoms with Crippen LogP contribution in [0.1, 0.15) is 28.8 Å². The number of fused-ring (bicyclic) bond motifs is 1. The average molecular weight is 373 g/mol. The van der Waals surface area contributed by atoms with Crippen molar-refractivity contribution in [2.75, 3.05) is 6.54 Å². The topological polar surface area (TPSA) is 92.2 Å². The van der Waals surface area contributed by atoms with Gasteiger partial charge in [-0.05, 0) is 42.3 Å². The predicted molar refractivity (Wildman–Crippen MR) is 98.6 cm³/mol. The molecule has 0 aliphatic rings. The molecule has 1 heterocycles. The number of rotatable bonds is 7. The summed E-state index contributed by atoms with van der Waals surface area (Å²) in [6.45, 7) is 0.480. The Morgan fingerprint density at radius 1 is 1.12 bits per heavy atom. The van der Waals surface area contributed by atoms with Crippen LogP contribution in [0.5, 0.6) is 0 Å². The van der Waals surface area contributed by atoms with Crippen molar-refractivity contribution in [2.24, 2.45) is 0 Å². The van der Waals surface area contributed by atoms with Crippen molar-refractivity contribution in [1.82, 2.24) is 10.3 Å². The highest BCUT2D eigenvalue weighted by atomic mass is 35.5. The quantitative estimate of drug-likeness (QED) is 0.623. The second-order valence-corrected chi connectivity index (χ2v) is 6.31. The number of hydrogen-bond donors (Lipinski definition) is 2. The van der Waals surface area contributed by atoms with E-state index in [1.807, 2.05) is 18.2 Å². The molecular formula is C19H17ClN2O4. The Kier molecular flexibility index (Phi) is 5.53. The first kappa shape index (κ1) is 17.9. The first-order chi connectivity index (χ1) is 12.5. The van der Waals surface area contributed by atoms with E-state index in [4.69, 9.17) is 16.0 Å². The number of carbonyl (C=O) groups excluding carboxylic acids is 2. The molecule has 1 amide bonds. The van der Waals surface area contributed by atoms with Gasteiger partial charge < -0.3 is 9.73 Å². The summed E-state index contributed by atoms with van der Waals surface area (Å²) in [5.41, 5.74) is 2.30. The van der Waals surface area contributed by atoms with Gasteiger partial charge in [0.2, 0.25) is 5.91 Å². The fourth-order valence-corrected chi connectivity index (χ4v) is 2.83. The van der Waals surface area contributed by atoms with Crippen LogP contribution in [-0.4, -0.2) is 23.2 Å². The van der Waals surface area contributed by atoms with Crippen molar-refractivity contribution in [2.45, 2.75) is 19.3 Å². The van der Waals surface area contributed by atoms with Crippen LogP contribution >= 0.6 is 11.6 Å². The van der Waals surface area contributed by atoms with Gasteiger partial charge in [0, 0.05) is 30.0 Å². The number of ketones is 1. The lowest BCUT2D eigenvalue weighted by atomic mass is 10.1. The first-order valence-corrected chi connectivity index (χ1v) is 8.56. The van der Waals surface area contributed by atoms with Crippen molar-refractivity contribution in [3.8, 4) is 0 Å². The summed E-state index contributed by atoms with van der Waals surface area (Å²) in [4.78, 5) is 37.8. The number of Topliss-reactive ketones (excluding diaryl/α,β-unsaturated/α-hetero) is 1. The summed E-state index contributed by atoms with van der Waals surface area (Å²) >= 11 is 5.92. The Morgan fingerprint density at radius 3 is 2.77 bits per heavy atom. The molecule has 0 fully saturated rings. The lowest BCUT2D eigenvalue weighted by Crippen LogP contribution is -2.26. The molecule has 0 radical (unpaired) electrons. The molecule has 6 nitrogen and oxygen atoms in total. The van der Waals surface area contributed by atoms with E-state index >= 15 is 0 Å². The van der Waals surface area contributed by atoms with Gasteiger partial charge in [-0.3, -0.25) is 14.6 Å². The van der Waals surface area contributed by atoms with Crippen molar-refractivity contribution in [3.63, 3.8) is 0 Å². The van der Waals surface area contributed by atoms with Gasteiger partial charge in [0.05, 0.1) is 5.52 Å². The molecule has 7 heteroatoms. The largest absolute Gasteiger partial charge is 0.417 e. The molecule has 0 atom stereocenters. The van der Waals surface area contributed by atoms with E-state index in [9.17, 15) is 14.4 Å². The molecule has 0 saturated carbocycles. The second kappa shape index (κ2) is 8.01. The molecule has 0 unspecified atom stereocenters. The molecule has 1 aromatic heterocycles. The smallest absolute Gasteiger partial charge is 0.408 e. The molecule has 0 aliphatic heterocycles.